The molecule has 2 nitrogen and oxygen atoms in total. The van der Waals surface area contributed by atoms with Crippen LogP contribution in [0.1, 0.15) is 24.0 Å². The maximum absolute atomic E-state index is 10.9. The first kappa shape index (κ1) is 13.3. The first-order valence-electron chi connectivity index (χ1n) is 5.57. The van der Waals surface area contributed by atoms with Crippen LogP contribution in [0.4, 0.5) is 0 Å². The molecule has 0 fully saturated rings. The van der Waals surface area contributed by atoms with Gasteiger partial charge in [0.05, 0.1) is 5.92 Å². The Bertz CT molecular complexity index is 589. The van der Waals surface area contributed by atoms with Crippen molar-refractivity contribution in [2.75, 3.05) is 0 Å². The number of hydrogen-bond donors (Lipinski definition) is 1. The topological polar surface area (TPSA) is 37.3 Å². The minimum absolute atomic E-state index is 0.452. The molecular weight excluding hydrogens is 312 g/mol. The summed E-state index contributed by atoms with van der Waals surface area (Å²) in [6, 6.07) is 8.13. The molecule has 0 aliphatic heterocycles. The van der Waals surface area contributed by atoms with Gasteiger partial charge in [-0.1, -0.05) is 22.0 Å². The zero-order valence-corrected chi connectivity index (χ0v) is 12.5. The van der Waals surface area contributed by atoms with Gasteiger partial charge in [0.1, 0.15) is 0 Å². The lowest BCUT2D eigenvalue weighted by Gasteiger charge is -2.03. The molecule has 0 amide bonds. The van der Waals surface area contributed by atoms with Gasteiger partial charge in [-0.15, -0.1) is 11.3 Å². The summed E-state index contributed by atoms with van der Waals surface area (Å²) in [4.78, 5) is 12.0. The Morgan fingerprint density at radius 1 is 1.39 bits per heavy atom. The number of aryl methyl sites for hydroxylation is 1. The smallest absolute Gasteiger partial charge is 0.310 e. The molecule has 18 heavy (non-hydrogen) atoms. The summed E-state index contributed by atoms with van der Waals surface area (Å²) in [7, 11) is 0. The van der Waals surface area contributed by atoms with Crippen molar-refractivity contribution in [3.05, 3.63) is 45.2 Å². The number of carboxylic acids is 1. The molecule has 1 aromatic carbocycles. The van der Waals surface area contributed by atoms with Crippen LogP contribution >= 0.6 is 27.3 Å². The minimum atomic E-state index is -0.786. The number of benzene rings is 1. The third kappa shape index (κ3) is 2.65. The lowest BCUT2D eigenvalue weighted by atomic mass is 10.0. The van der Waals surface area contributed by atoms with Crippen LogP contribution in [0.2, 0.25) is 0 Å². The summed E-state index contributed by atoms with van der Waals surface area (Å²) in [5.74, 6) is -1.24. The minimum Gasteiger partial charge on any atom is -0.481 e. The Morgan fingerprint density at radius 3 is 2.72 bits per heavy atom. The second-order valence-corrected chi connectivity index (χ2v) is 6.03. The van der Waals surface area contributed by atoms with Crippen LogP contribution in [0.5, 0.6) is 0 Å². The second-order valence-electron chi connectivity index (χ2n) is 4.27. The van der Waals surface area contributed by atoms with E-state index in [1.165, 1.54) is 5.56 Å². The monoisotopic (exact) mass is 324 g/mol. The maximum atomic E-state index is 10.9. The first-order chi connectivity index (χ1) is 8.49. The van der Waals surface area contributed by atoms with Gasteiger partial charge in [0.15, 0.2) is 0 Å². The summed E-state index contributed by atoms with van der Waals surface area (Å²) in [6.07, 6.45) is 0. The predicted molar refractivity (Wildman–Crippen MR) is 78.2 cm³/mol. The Morgan fingerprint density at radius 2 is 2.11 bits per heavy atom. The summed E-state index contributed by atoms with van der Waals surface area (Å²) >= 11 is 5.06. The number of halogens is 1. The average molecular weight is 325 g/mol. The largest absolute Gasteiger partial charge is 0.481 e. The Hall–Kier alpha value is -1.13. The van der Waals surface area contributed by atoms with E-state index in [1.807, 2.05) is 30.5 Å². The third-order valence-corrected chi connectivity index (χ3v) is 4.82. The predicted octanol–water partition coefficient (Wildman–Crippen LogP) is 4.67. The first-order valence-corrected chi connectivity index (χ1v) is 7.24. The average Bonchev–Trinajstić information content (AvgIpc) is 2.81. The van der Waals surface area contributed by atoms with E-state index < -0.39 is 11.9 Å². The Labute approximate surface area is 118 Å². The van der Waals surface area contributed by atoms with Gasteiger partial charge in [0.2, 0.25) is 0 Å². The van der Waals surface area contributed by atoms with Gasteiger partial charge in [-0.25, -0.2) is 0 Å². The van der Waals surface area contributed by atoms with E-state index in [0.717, 1.165) is 20.5 Å². The highest BCUT2D eigenvalue weighted by Crippen LogP contribution is 2.32. The molecule has 4 heteroatoms. The molecule has 94 valence electrons. The molecule has 0 saturated heterocycles. The highest BCUT2D eigenvalue weighted by Gasteiger charge is 2.15. The van der Waals surface area contributed by atoms with Crippen LogP contribution in [0.15, 0.2) is 34.1 Å². The van der Waals surface area contributed by atoms with E-state index in [-0.39, 0.29) is 0 Å². The quantitative estimate of drug-likeness (QED) is 0.890. The molecule has 0 aliphatic rings. The fraction of sp³-hybridized carbons (Fsp3) is 0.214. The fourth-order valence-corrected chi connectivity index (χ4v) is 2.92. The summed E-state index contributed by atoms with van der Waals surface area (Å²) < 4.78 is 1.09. The molecular formula is C14H13BrO2S. The number of thiophene rings is 1. The molecule has 2 rings (SSSR count). The summed E-state index contributed by atoms with van der Waals surface area (Å²) in [5, 5.41) is 10.9. The molecule has 1 aromatic heterocycles. The molecule has 2 aromatic rings. The molecule has 1 unspecified atom stereocenters. The Kier molecular flexibility index (Phi) is 3.88. The molecule has 1 N–H and O–H groups in total. The van der Waals surface area contributed by atoms with Gasteiger partial charge in [-0.05, 0) is 54.1 Å². The standard InChI is InChI=1S/C14H13BrO2S/c1-8-5-10(3-4-12(8)15)13-6-11(7-18-13)9(2)14(16)17/h3-7,9H,1-2H3,(H,16,17). The molecule has 0 saturated carbocycles. The van der Waals surface area contributed by atoms with E-state index in [9.17, 15) is 4.79 Å². The van der Waals surface area contributed by atoms with Crippen molar-refractivity contribution >= 4 is 33.2 Å². The third-order valence-electron chi connectivity index (χ3n) is 2.93. The SMILES string of the molecule is Cc1cc(-c2cc(C(C)C(=O)O)cs2)ccc1Br. The van der Waals surface area contributed by atoms with Gasteiger partial charge in [-0.3, -0.25) is 4.79 Å². The maximum Gasteiger partial charge on any atom is 0.310 e. The second kappa shape index (κ2) is 5.24. The van der Waals surface area contributed by atoms with Crippen molar-refractivity contribution in [2.45, 2.75) is 19.8 Å². The molecule has 1 heterocycles. The number of rotatable bonds is 3. The highest BCUT2D eigenvalue weighted by atomic mass is 79.9. The number of hydrogen-bond acceptors (Lipinski definition) is 2. The molecule has 0 bridgehead atoms. The van der Waals surface area contributed by atoms with Crippen LogP contribution in [-0.2, 0) is 4.79 Å². The lowest BCUT2D eigenvalue weighted by Crippen LogP contribution is -2.05. The number of carbonyl (C=O) groups is 1. The van der Waals surface area contributed by atoms with Crippen molar-refractivity contribution in [3.63, 3.8) is 0 Å². The van der Waals surface area contributed by atoms with Crippen molar-refractivity contribution in [2.24, 2.45) is 0 Å². The Balaban J connectivity index is 2.35. The van der Waals surface area contributed by atoms with Gasteiger partial charge in [0.25, 0.3) is 0 Å². The molecule has 0 radical (unpaired) electrons. The van der Waals surface area contributed by atoms with Gasteiger partial charge >= 0.3 is 5.97 Å². The van der Waals surface area contributed by atoms with Crippen molar-refractivity contribution < 1.29 is 9.90 Å². The zero-order chi connectivity index (χ0) is 13.3. The fourth-order valence-electron chi connectivity index (χ4n) is 1.67. The van der Waals surface area contributed by atoms with E-state index in [0.29, 0.717) is 0 Å². The molecule has 0 aliphatic carbocycles. The van der Waals surface area contributed by atoms with Crippen LogP contribution in [0.25, 0.3) is 10.4 Å². The van der Waals surface area contributed by atoms with Gasteiger partial charge < -0.3 is 5.11 Å². The van der Waals surface area contributed by atoms with Crippen LogP contribution in [0, 0.1) is 6.92 Å². The van der Waals surface area contributed by atoms with Crippen molar-refractivity contribution in [3.8, 4) is 10.4 Å². The zero-order valence-electron chi connectivity index (χ0n) is 10.1. The van der Waals surface area contributed by atoms with Crippen LogP contribution in [0.3, 0.4) is 0 Å². The van der Waals surface area contributed by atoms with E-state index in [2.05, 4.69) is 22.0 Å². The van der Waals surface area contributed by atoms with Gasteiger partial charge in [-0.2, -0.15) is 0 Å². The number of aliphatic carboxylic acids is 1. The summed E-state index contributed by atoms with van der Waals surface area (Å²) in [5.41, 5.74) is 3.17. The van der Waals surface area contributed by atoms with Gasteiger partial charge in [0, 0.05) is 9.35 Å². The number of carboxylic acid groups (broad SMARTS) is 1. The highest BCUT2D eigenvalue weighted by molar-refractivity contribution is 9.10. The van der Waals surface area contributed by atoms with Crippen LogP contribution < -0.4 is 0 Å². The van der Waals surface area contributed by atoms with E-state index in [1.54, 1.807) is 18.3 Å². The lowest BCUT2D eigenvalue weighted by molar-refractivity contribution is -0.138. The molecule has 1 atom stereocenters. The van der Waals surface area contributed by atoms with E-state index >= 15 is 0 Å². The van der Waals surface area contributed by atoms with Crippen LogP contribution in [-0.4, -0.2) is 11.1 Å². The normalized spacial score (nSPS) is 12.4. The summed E-state index contributed by atoms with van der Waals surface area (Å²) in [6.45, 7) is 3.75. The van der Waals surface area contributed by atoms with Crippen molar-refractivity contribution in [1.29, 1.82) is 0 Å². The molecule has 0 spiro atoms. The van der Waals surface area contributed by atoms with Crippen molar-refractivity contribution in [1.82, 2.24) is 0 Å². The van der Waals surface area contributed by atoms with E-state index in [4.69, 9.17) is 5.11 Å².